The molecule has 0 aliphatic heterocycles. The minimum absolute atomic E-state index is 0.0832. The average molecular weight is 265 g/mol. The number of anilines is 1. The Bertz CT molecular complexity index is 424. The van der Waals surface area contributed by atoms with Crippen molar-refractivity contribution in [2.75, 3.05) is 25.5 Å². The molecule has 1 aromatic heterocycles. The number of aromatic nitrogens is 1. The van der Waals surface area contributed by atoms with Crippen LogP contribution in [0.2, 0.25) is 0 Å². The zero-order valence-corrected chi connectivity index (χ0v) is 11.5. The maximum atomic E-state index is 12.0. The van der Waals surface area contributed by atoms with Gasteiger partial charge in [0.05, 0.1) is 12.3 Å². The van der Waals surface area contributed by atoms with Crippen LogP contribution in [-0.2, 0) is 11.3 Å². The van der Waals surface area contributed by atoms with Gasteiger partial charge >= 0.3 is 0 Å². The third-order valence-corrected chi connectivity index (χ3v) is 3.20. The van der Waals surface area contributed by atoms with Gasteiger partial charge in [0.25, 0.3) is 5.91 Å². The van der Waals surface area contributed by atoms with Crippen LogP contribution in [-0.4, -0.2) is 30.2 Å². The Kier molecular flexibility index (Phi) is 4.85. The number of ether oxygens (including phenoxy) is 1. The lowest BCUT2D eigenvalue weighted by Crippen LogP contribution is -2.29. The average Bonchev–Trinajstić information content (AvgIpc) is 3.12. The van der Waals surface area contributed by atoms with Crippen LogP contribution in [0.3, 0.4) is 0 Å². The van der Waals surface area contributed by atoms with E-state index < -0.39 is 0 Å². The van der Waals surface area contributed by atoms with E-state index in [1.807, 2.05) is 10.8 Å². The Morgan fingerprint density at radius 2 is 2.37 bits per heavy atom. The quantitative estimate of drug-likeness (QED) is 0.702. The molecule has 106 valence electrons. The molecule has 0 saturated heterocycles. The third kappa shape index (κ3) is 4.28. The van der Waals surface area contributed by atoms with Crippen molar-refractivity contribution in [3.05, 3.63) is 18.0 Å². The fourth-order valence-electron chi connectivity index (χ4n) is 2.01. The van der Waals surface area contributed by atoms with Gasteiger partial charge in [0, 0.05) is 25.9 Å². The molecule has 0 aromatic carbocycles. The predicted octanol–water partition coefficient (Wildman–Crippen LogP) is 1.64. The summed E-state index contributed by atoms with van der Waals surface area (Å²) in [5.41, 5.74) is 6.99. The van der Waals surface area contributed by atoms with Crippen LogP contribution in [0.5, 0.6) is 0 Å². The number of carbonyl (C=O) groups is 1. The molecule has 0 bridgehead atoms. The molecular formula is C14H23N3O2. The number of nitrogens with zero attached hydrogens (tertiary/aromatic N) is 1. The van der Waals surface area contributed by atoms with Gasteiger partial charge in [-0.15, -0.1) is 0 Å². The topological polar surface area (TPSA) is 69.3 Å². The molecule has 2 rings (SSSR count). The van der Waals surface area contributed by atoms with Gasteiger partial charge in [-0.2, -0.15) is 0 Å². The van der Waals surface area contributed by atoms with Crippen molar-refractivity contribution in [3.8, 4) is 0 Å². The van der Waals surface area contributed by atoms with Gasteiger partial charge in [-0.1, -0.05) is 6.92 Å². The molecule has 0 unspecified atom stereocenters. The molecule has 0 spiro atoms. The van der Waals surface area contributed by atoms with E-state index in [1.165, 1.54) is 12.8 Å². The maximum absolute atomic E-state index is 12.0. The van der Waals surface area contributed by atoms with Crippen molar-refractivity contribution < 1.29 is 9.53 Å². The molecule has 1 fully saturated rings. The highest BCUT2D eigenvalue weighted by atomic mass is 16.5. The molecule has 1 saturated carbocycles. The van der Waals surface area contributed by atoms with Gasteiger partial charge in [-0.3, -0.25) is 4.79 Å². The second-order valence-corrected chi connectivity index (χ2v) is 5.13. The first-order valence-corrected chi connectivity index (χ1v) is 7.02. The minimum Gasteiger partial charge on any atom is -0.397 e. The SMILES string of the molecule is CCCn1cc(N)cc1C(=O)NCCOCC1CC1. The Morgan fingerprint density at radius 1 is 1.58 bits per heavy atom. The van der Waals surface area contributed by atoms with E-state index in [-0.39, 0.29) is 5.91 Å². The number of nitrogen functional groups attached to an aromatic ring is 1. The van der Waals surface area contributed by atoms with Crippen molar-refractivity contribution in [2.45, 2.75) is 32.7 Å². The van der Waals surface area contributed by atoms with Gasteiger partial charge in [0.1, 0.15) is 5.69 Å². The van der Waals surface area contributed by atoms with Crippen LogP contribution in [0.4, 0.5) is 5.69 Å². The van der Waals surface area contributed by atoms with Crippen LogP contribution in [0, 0.1) is 5.92 Å². The van der Waals surface area contributed by atoms with E-state index in [1.54, 1.807) is 6.07 Å². The van der Waals surface area contributed by atoms with Crippen molar-refractivity contribution in [1.29, 1.82) is 0 Å². The molecule has 1 amide bonds. The highest BCUT2D eigenvalue weighted by Crippen LogP contribution is 2.28. The van der Waals surface area contributed by atoms with Gasteiger partial charge in [-0.05, 0) is 31.2 Å². The maximum Gasteiger partial charge on any atom is 0.268 e. The predicted molar refractivity (Wildman–Crippen MR) is 75.0 cm³/mol. The summed E-state index contributed by atoms with van der Waals surface area (Å²) < 4.78 is 7.38. The monoisotopic (exact) mass is 265 g/mol. The van der Waals surface area contributed by atoms with Crippen molar-refractivity contribution in [3.63, 3.8) is 0 Å². The third-order valence-electron chi connectivity index (χ3n) is 3.20. The van der Waals surface area contributed by atoms with Gasteiger partial charge in [-0.25, -0.2) is 0 Å². The number of nitrogens with one attached hydrogen (secondary N) is 1. The first-order valence-electron chi connectivity index (χ1n) is 7.02. The Labute approximate surface area is 114 Å². The molecular weight excluding hydrogens is 242 g/mol. The Morgan fingerprint density at radius 3 is 3.05 bits per heavy atom. The van der Waals surface area contributed by atoms with E-state index in [0.717, 1.165) is 25.5 Å². The van der Waals surface area contributed by atoms with Crippen LogP contribution < -0.4 is 11.1 Å². The molecule has 1 aromatic rings. The molecule has 1 heterocycles. The molecule has 5 heteroatoms. The van der Waals surface area contributed by atoms with Crippen molar-refractivity contribution >= 4 is 11.6 Å². The Balaban J connectivity index is 1.74. The normalized spacial score (nSPS) is 14.6. The first-order chi connectivity index (χ1) is 9.20. The van der Waals surface area contributed by atoms with Crippen molar-refractivity contribution in [2.24, 2.45) is 5.92 Å². The molecule has 3 N–H and O–H groups in total. The smallest absolute Gasteiger partial charge is 0.268 e. The van der Waals surface area contributed by atoms with E-state index in [4.69, 9.17) is 10.5 Å². The number of hydrogen-bond acceptors (Lipinski definition) is 3. The second-order valence-electron chi connectivity index (χ2n) is 5.13. The molecule has 19 heavy (non-hydrogen) atoms. The van der Waals surface area contributed by atoms with Gasteiger partial charge < -0.3 is 20.4 Å². The number of aryl methyl sites for hydroxylation is 1. The summed E-state index contributed by atoms with van der Waals surface area (Å²) in [6.07, 6.45) is 5.35. The lowest BCUT2D eigenvalue weighted by Gasteiger charge is -2.08. The lowest BCUT2D eigenvalue weighted by molar-refractivity contribution is 0.0898. The molecule has 0 atom stereocenters. The molecule has 0 radical (unpaired) electrons. The van der Waals surface area contributed by atoms with Crippen LogP contribution in [0.15, 0.2) is 12.3 Å². The van der Waals surface area contributed by atoms with Crippen LogP contribution in [0.25, 0.3) is 0 Å². The zero-order valence-electron chi connectivity index (χ0n) is 11.5. The molecule has 1 aliphatic rings. The molecule has 1 aliphatic carbocycles. The van der Waals surface area contributed by atoms with E-state index in [2.05, 4.69) is 12.2 Å². The zero-order chi connectivity index (χ0) is 13.7. The van der Waals surface area contributed by atoms with Gasteiger partial charge in [0.15, 0.2) is 0 Å². The summed E-state index contributed by atoms with van der Waals surface area (Å²) >= 11 is 0. The fourth-order valence-corrected chi connectivity index (χ4v) is 2.01. The standard InChI is InChI=1S/C14H23N3O2/c1-2-6-17-9-12(15)8-13(17)14(18)16-5-7-19-10-11-3-4-11/h8-9,11H,2-7,10,15H2,1H3,(H,16,18). The number of amides is 1. The number of carbonyl (C=O) groups excluding carboxylic acids is 1. The van der Waals surface area contributed by atoms with Crippen LogP contribution >= 0.6 is 0 Å². The highest BCUT2D eigenvalue weighted by Gasteiger charge is 2.21. The number of nitrogens with two attached hydrogens (primary N) is 1. The number of hydrogen-bond donors (Lipinski definition) is 2. The summed E-state index contributed by atoms with van der Waals surface area (Å²) in [6.45, 7) is 4.83. The van der Waals surface area contributed by atoms with E-state index >= 15 is 0 Å². The summed E-state index contributed by atoms with van der Waals surface area (Å²) in [4.78, 5) is 12.0. The summed E-state index contributed by atoms with van der Waals surface area (Å²) in [6, 6.07) is 1.72. The first kappa shape index (κ1) is 13.9. The summed E-state index contributed by atoms with van der Waals surface area (Å²) in [5, 5.41) is 2.86. The minimum atomic E-state index is -0.0832. The fraction of sp³-hybridized carbons (Fsp3) is 0.643. The summed E-state index contributed by atoms with van der Waals surface area (Å²) in [7, 11) is 0. The van der Waals surface area contributed by atoms with Crippen LogP contribution in [0.1, 0.15) is 36.7 Å². The van der Waals surface area contributed by atoms with Crippen molar-refractivity contribution in [1.82, 2.24) is 9.88 Å². The largest absolute Gasteiger partial charge is 0.397 e. The van der Waals surface area contributed by atoms with E-state index in [0.29, 0.717) is 24.5 Å². The molecule has 5 nitrogen and oxygen atoms in total. The van der Waals surface area contributed by atoms with E-state index in [9.17, 15) is 4.79 Å². The summed E-state index contributed by atoms with van der Waals surface area (Å²) in [5.74, 6) is 0.678. The lowest BCUT2D eigenvalue weighted by atomic mass is 10.3. The second kappa shape index (κ2) is 6.61. The number of rotatable bonds is 8. The van der Waals surface area contributed by atoms with Gasteiger partial charge in [0.2, 0.25) is 0 Å². The Hall–Kier alpha value is -1.49. The highest BCUT2D eigenvalue weighted by molar-refractivity contribution is 5.93.